The van der Waals surface area contributed by atoms with Crippen molar-refractivity contribution in [3.05, 3.63) is 58.5 Å². The van der Waals surface area contributed by atoms with Gasteiger partial charge in [0.2, 0.25) is 11.5 Å². The van der Waals surface area contributed by atoms with Crippen LogP contribution in [0.25, 0.3) is 0 Å². The van der Waals surface area contributed by atoms with Crippen LogP contribution in [0.2, 0.25) is 0 Å². The number of pyridine rings is 1. The van der Waals surface area contributed by atoms with Gasteiger partial charge in [0.05, 0.1) is 0 Å². The third-order valence-corrected chi connectivity index (χ3v) is 2.45. The number of carbonyl (C=O) groups is 2. The summed E-state index contributed by atoms with van der Waals surface area (Å²) in [5.41, 5.74) is 0.926. The Morgan fingerprint density at radius 2 is 1.65 bits per heavy atom. The molecule has 102 valence electrons. The van der Waals surface area contributed by atoms with Gasteiger partial charge in [0, 0.05) is 24.4 Å². The summed E-state index contributed by atoms with van der Waals surface area (Å²) < 4.78 is 0. The minimum absolute atomic E-state index is 0.169. The van der Waals surface area contributed by atoms with Crippen LogP contribution in [0.15, 0.2) is 47.3 Å². The molecule has 2 aromatic rings. The first kappa shape index (κ1) is 13.5. The molecule has 1 aromatic carbocycles. The molecule has 0 spiro atoms. The standard InChI is InChI=1S/C14H13N3O3/c1-9(18)15-10-4-2-5-11(8-10)16-14(20)12-6-3-7-13(19)17-12/h2-8H,1H3,(H,15,18)(H,16,20)(H,17,19). The normalized spacial score (nSPS) is 9.85. The van der Waals surface area contributed by atoms with Gasteiger partial charge in [0.25, 0.3) is 5.91 Å². The molecule has 0 atom stereocenters. The summed E-state index contributed by atoms with van der Waals surface area (Å²) in [4.78, 5) is 36.5. The molecule has 3 N–H and O–H groups in total. The van der Waals surface area contributed by atoms with Crippen molar-refractivity contribution >= 4 is 23.2 Å². The minimum Gasteiger partial charge on any atom is -0.326 e. The average molecular weight is 271 g/mol. The smallest absolute Gasteiger partial charge is 0.272 e. The molecule has 0 fully saturated rings. The average Bonchev–Trinajstić information content (AvgIpc) is 2.38. The second-order valence-electron chi connectivity index (χ2n) is 4.14. The first-order valence-corrected chi connectivity index (χ1v) is 5.93. The fourth-order valence-corrected chi connectivity index (χ4v) is 1.66. The highest BCUT2D eigenvalue weighted by atomic mass is 16.2. The molecule has 0 aliphatic carbocycles. The molecule has 1 aromatic heterocycles. The number of H-pyrrole nitrogens is 1. The number of aromatic amines is 1. The van der Waals surface area contributed by atoms with E-state index in [9.17, 15) is 14.4 Å². The van der Waals surface area contributed by atoms with Crippen LogP contribution >= 0.6 is 0 Å². The monoisotopic (exact) mass is 271 g/mol. The number of aromatic nitrogens is 1. The Morgan fingerprint density at radius 1 is 1.00 bits per heavy atom. The number of amides is 2. The Morgan fingerprint density at radius 3 is 2.30 bits per heavy atom. The van der Waals surface area contributed by atoms with E-state index in [1.165, 1.54) is 25.1 Å². The van der Waals surface area contributed by atoms with Gasteiger partial charge in [-0.15, -0.1) is 0 Å². The summed E-state index contributed by atoms with van der Waals surface area (Å²) in [6.07, 6.45) is 0. The van der Waals surface area contributed by atoms with E-state index in [0.29, 0.717) is 11.4 Å². The predicted octanol–water partition coefficient (Wildman–Crippen LogP) is 1.59. The van der Waals surface area contributed by atoms with Gasteiger partial charge in [-0.3, -0.25) is 14.4 Å². The van der Waals surface area contributed by atoms with E-state index >= 15 is 0 Å². The first-order chi connectivity index (χ1) is 9.54. The van der Waals surface area contributed by atoms with Crippen molar-refractivity contribution in [3.8, 4) is 0 Å². The predicted molar refractivity (Wildman–Crippen MR) is 75.8 cm³/mol. The van der Waals surface area contributed by atoms with Crippen molar-refractivity contribution in [2.45, 2.75) is 6.92 Å². The summed E-state index contributed by atoms with van der Waals surface area (Å²) in [6, 6.07) is 11.1. The second kappa shape index (κ2) is 5.83. The minimum atomic E-state index is -0.428. The summed E-state index contributed by atoms with van der Waals surface area (Å²) in [6.45, 7) is 1.40. The lowest BCUT2D eigenvalue weighted by Crippen LogP contribution is -2.18. The molecule has 0 saturated carbocycles. The molecule has 6 heteroatoms. The van der Waals surface area contributed by atoms with Gasteiger partial charge >= 0.3 is 0 Å². The lowest BCUT2D eigenvalue weighted by molar-refractivity contribution is -0.114. The molecule has 0 bridgehead atoms. The molecule has 20 heavy (non-hydrogen) atoms. The van der Waals surface area contributed by atoms with Crippen molar-refractivity contribution in [1.29, 1.82) is 0 Å². The van der Waals surface area contributed by atoms with Crippen molar-refractivity contribution in [1.82, 2.24) is 4.98 Å². The van der Waals surface area contributed by atoms with Crippen LogP contribution in [-0.2, 0) is 4.79 Å². The van der Waals surface area contributed by atoms with E-state index in [1.807, 2.05) is 0 Å². The molecule has 0 radical (unpaired) electrons. The van der Waals surface area contributed by atoms with Gasteiger partial charge in [-0.25, -0.2) is 0 Å². The molecule has 0 saturated heterocycles. The van der Waals surface area contributed by atoms with Crippen LogP contribution < -0.4 is 16.2 Å². The molecule has 0 aliphatic rings. The van der Waals surface area contributed by atoms with Crippen LogP contribution in [-0.4, -0.2) is 16.8 Å². The van der Waals surface area contributed by atoms with E-state index in [2.05, 4.69) is 15.6 Å². The van der Waals surface area contributed by atoms with Crippen LogP contribution in [0.3, 0.4) is 0 Å². The molecule has 6 nitrogen and oxygen atoms in total. The fraction of sp³-hybridized carbons (Fsp3) is 0.0714. The Labute approximate surface area is 114 Å². The SMILES string of the molecule is CC(=O)Nc1cccc(NC(=O)c2cccc(=O)[nH]2)c1. The molecule has 1 heterocycles. The Hall–Kier alpha value is -2.89. The molecule has 2 amide bonds. The molecule has 2 rings (SSSR count). The van der Waals surface area contributed by atoms with Gasteiger partial charge in [-0.1, -0.05) is 12.1 Å². The third-order valence-electron chi connectivity index (χ3n) is 2.45. The molecule has 0 aliphatic heterocycles. The topological polar surface area (TPSA) is 91.1 Å². The maximum atomic E-state index is 11.9. The maximum Gasteiger partial charge on any atom is 0.272 e. The number of rotatable bonds is 3. The lowest BCUT2D eigenvalue weighted by Gasteiger charge is -2.07. The van der Waals surface area contributed by atoms with E-state index < -0.39 is 5.91 Å². The van der Waals surface area contributed by atoms with Crippen molar-refractivity contribution < 1.29 is 9.59 Å². The summed E-state index contributed by atoms with van der Waals surface area (Å²) in [5.74, 6) is -0.622. The van der Waals surface area contributed by atoms with Crippen LogP contribution in [0.1, 0.15) is 17.4 Å². The van der Waals surface area contributed by atoms with Crippen LogP contribution in [0, 0.1) is 0 Å². The van der Waals surface area contributed by atoms with Gasteiger partial charge in [-0.2, -0.15) is 0 Å². The number of nitrogens with one attached hydrogen (secondary N) is 3. The van der Waals surface area contributed by atoms with E-state index in [0.717, 1.165) is 0 Å². The highest BCUT2D eigenvalue weighted by Crippen LogP contribution is 2.15. The van der Waals surface area contributed by atoms with E-state index in [4.69, 9.17) is 0 Å². The van der Waals surface area contributed by atoms with Crippen LogP contribution in [0.4, 0.5) is 11.4 Å². The van der Waals surface area contributed by atoms with E-state index in [1.54, 1.807) is 24.3 Å². The second-order valence-corrected chi connectivity index (χ2v) is 4.14. The van der Waals surface area contributed by atoms with Crippen molar-refractivity contribution in [2.75, 3.05) is 10.6 Å². The summed E-state index contributed by atoms with van der Waals surface area (Å²) >= 11 is 0. The first-order valence-electron chi connectivity index (χ1n) is 5.93. The Kier molecular flexibility index (Phi) is 3.95. The number of carbonyl (C=O) groups excluding carboxylic acids is 2. The Balaban J connectivity index is 2.15. The van der Waals surface area contributed by atoms with Gasteiger partial charge in [0.1, 0.15) is 5.69 Å². The van der Waals surface area contributed by atoms with Gasteiger partial charge in [-0.05, 0) is 24.3 Å². The zero-order chi connectivity index (χ0) is 14.5. The number of benzene rings is 1. The number of hydrogen-bond acceptors (Lipinski definition) is 3. The highest BCUT2D eigenvalue weighted by molar-refractivity contribution is 6.03. The molecule has 0 unspecified atom stereocenters. The molecular formula is C14H13N3O3. The zero-order valence-electron chi connectivity index (χ0n) is 10.8. The summed E-state index contributed by atoms with van der Waals surface area (Å²) in [5, 5.41) is 5.26. The third kappa shape index (κ3) is 3.55. The fourth-order valence-electron chi connectivity index (χ4n) is 1.66. The zero-order valence-corrected chi connectivity index (χ0v) is 10.8. The van der Waals surface area contributed by atoms with E-state index in [-0.39, 0.29) is 17.2 Å². The largest absolute Gasteiger partial charge is 0.326 e. The maximum absolute atomic E-state index is 11.9. The quantitative estimate of drug-likeness (QED) is 0.791. The number of anilines is 2. The Bertz CT molecular complexity index is 707. The van der Waals surface area contributed by atoms with Gasteiger partial charge in [0.15, 0.2) is 0 Å². The van der Waals surface area contributed by atoms with Crippen LogP contribution in [0.5, 0.6) is 0 Å². The highest BCUT2D eigenvalue weighted by Gasteiger charge is 2.07. The molecular weight excluding hydrogens is 258 g/mol. The lowest BCUT2D eigenvalue weighted by atomic mass is 10.2. The summed E-state index contributed by atoms with van der Waals surface area (Å²) in [7, 11) is 0. The van der Waals surface area contributed by atoms with Crippen molar-refractivity contribution in [2.24, 2.45) is 0 Å². The van der Waals surface area contributed by atoms with Crippen molar-refractivity contribution in [3.63, 3.8) is 0 Å². The number of hydrogen-bond donors (Lipinski definition) is 3. The van der Waals surface area contributed by atoms with Gasteiger partial charge < -0.3 is 15.6 Å².